The van der Waals surface area contributed by atoms with Crippen LogP contribution in [0.3, 0.4) is 0 Å². The maximum Gasteiger partial charge on any atom is 0.319 e. The molecule has 0 aromatic heterocycles. The van der Waals surface area contributed by atoms with E-state index in [1.54, 1.807) is 0 Å². The molecule has 0 N–H and O–H groups in total. The van der Waals surface area contributed by atoms with Crippen LogP contribution in [0.25, 0.3) is 0 Å². The summed E-state index contributed by atoms with van der Waals surface area (Å²) in [4.78, 5) is 12.5. The molecule has 0 bridgehead atoms. The van der Waals surface area contributed by atoms with Crippen molar-refractivity contribution in [3.8, 4) is 0 Å². The number of hydrogen-bond donors (Lipinski definition) is 0. The summed E-state index contributed by atoms with van der Waals surface area (Å²) in [6.45, 7) is 4.31. The van der Waals surface area contributed by atoms with Crippen LogP contribution in [0.2, 0.25) is 5.02 Å². The lowest BCUT2D eigenvalue weighted by atomic mass is 10.4. The third-order valence-corrected chi connectivity index (χ3v) is 3.25. The van der Waals surface area contributed by atoms with E-state index in [4.69, 9.17) is 16.3 Å². The van der Waals surface area contributed by atoms with Crippen molar-refractivity contribution >= 4 is 29.3 Å². The van der Waals surface area contributed by atoms with E-state index in [-0.39, 0.29) is 11.2 Å². The van der Waals surface area contributed by atoms with Gasteiger partial charge in [0.15, 0.2) is 0 Å². The Morgan fingerprint density at radius 2 is 2.06 bits per heavy atom. The van der Waals surface area contributed by atoms with Crippen molar-refractivity contribution in [1.29, 1.82) is 0 Å². The van der Waals surface area contributed by atoms with Crippen molar-refractivity contribution in [2.24, 2.45) is 0 Å². The summed E-state index contributed by atoms with van der Waals surface area (Å²) < 4.78 is 5.06. The molecule has 0 radical (unpaired) electrons. The summed E-state index contributed by atoms with van der Waals surface area (Å²) in [6.07, 6.45) is 0.851. The molecular weight excluding hydrogens is 244 g/mol. The maximum atomic E-state index is 11.5. The third-order valence-electron chi connectivity index (χ3n) is 1.91. The number of thioether (sulfide) groups is 1. The molecule has 0 amide bonds. The monoisotopic (exact) mass is 258 g/mol. The average molecular weight is 259 g/mol. The number of ether oxygens (including phenoxy) is 1. The minimum Gasteiger partial charge on any atom is -0.465 e. The fourth-order valence-electron chi connectivity index (χ4n) is 1.09. The van der Waals surface area contributed by atoms with Gasteiger partial charge in [-0.1, -0.05) is 18.5 Å². The van der Waals surface area contributed by atoms with Crippen LogP contribution in [-0.2, 0) is 9.53 Å². The van der Waals surface area contributed by atoms with Gasteiger partial charge in [0.1, 0.15) is 5.25 Å². The molecule has 0 heterocycles. The van der Waals surface area contributed by atoms with E-state index in [9.17, 15) is 4.79 Å². The Kier molecular flexibility index (Phi) is 5.71. The summed E-state index contributed by atoms with van der Waals surface area (Å²) in [6, 6.07) is 7.43. The van der Waals surface area contributed by atoms with Gasteiger partial charge in [0.05, 0.1) is 6.61 Å². The number of benzene rings is 1. The zero-order chi connectivity index (χ0) is 12.0. The molecule has 1 atom stereocenters. The summed E-state index contributed by atoms with van der Waals surface area (Å²) >= 11 is 7.26. The number of carbonyl (C=O) groups excluding carboxylic acids is 1. The molecule has 0 saturated carbocycles. The van der Waals surface area contributed by atoms with Crippen LogP contribution in [0.15, 0.2) is 29.2 Å². The van der Waals surface area contributed by atoms with Crippen molar-refractivity contribution in [2.45, 2.75) is 30.4 Å². The van der Waals surface area contributed by atoms with E-state index in [0.717, 1.165) is 11.3 Å². The number of esters is 1. The van der Waals surface area contributed by atoms with Crippen LogP contribution in [0.1, 0.15) is 20.3 Å². The zero-order valence-corrected chi connectivity index (χ0v) is 11.0. The molecule has 2 nitrogen and oxygen atoms in total. The zero-order valence-electron chi connectivity index (χ0n) is 9.40. The standard InChI is InChI=1S/C12H15ClO2S/c1-3-8-15-12(14)9(2)16-11-6-4-10(13)5-7-11/h4-7,9H,3,8H2,1-2H3/t9-/m1/s1. The highest BCUT2D eigenvalue weighted by molar-refractivity contribution is 8.00. The lowest BCUT2D eigenvalue weighted by molar-refractivity contribution is -0.142. The third kappa shape index (κ3) is 4.45. The lowest BCUT2D eigenvalue weighted by Crippen LogP contribution is -2.17. The fraction of sp³-hybridized carbons (Fsp3) is 0.417. The van der Waals surface area contributed by atoms with Gasteiger partial charge in [0, 0.05) is 9.92 Å². The van der Waals surface area contributed by atoms with Gasteiger partial charge in [0.2, 0.25) is 0 Å². The number of halogens is 1. The van der Waals surface area contributed by atoms with Crippen LogP contribution in [0.4, 0.5) is 0 Å². The van der Waals surface area contributed by atoms with E-state index in [2.05, 4.69) is 0 Å². The number of rotatable bonds is 5. The van der Waals surface area contributed by atoms with Gasteiger partial charge >= 0.3 is 5.97 Å². The van der Waals surface area contributed by atoms with E-state index in [0.29, 0.717) is 11.6 Å². The average Bonchev–Trinajstić information content (AvgIpc) is 2.29. The van der Waals surface area contributed by atoms with Crippen molar-refractivity contribution in [3.05, 3.63) is 29.3 Å². The maximum absolute atomic E-state index is 11.5. The first kappa shape index (κ1) is 13.4. The van der Waals surface area contributed by atoms with E-state index >= 15 is 0 Å². The van der Waals surface area contributed by atoms with Gasteiger partial charge in [-0.15, -0.1) is 11.8 Å². The highest BCUT2D eigenvalue weighted by atomic mass is 35.5. The Morgan fingerprint density at radius 3 is 2.62 bits per heavy atom. The lowest BCUT2D eigenvalue weighted by Gasteiger charge is -2.10. The Morgan fingerprint density at radius 1 is 1.44 bits per heavy atom. The Bertz CT molecular complexity index is 337. The molecule has 88 valence electrons. The highest BCUT2D eigenvalue weighted by Gasteiger charge is 2.15. The van der Waals surface area contributed by atoms with Crippen LogP contribution < -0.4 is 0 Å². The van der Waals surface area contributed by atoms with Gasteiger partial charge in [-0.05, 0) is 37.6 Å². The van der Waals surface area contributed by atoms with Gasteiger partial charge in [-0.2, -0.15) is 0 Å². The normalized spacial score (nSPS) is 12.2. The first-order chi connectivity index (χ1) is 7.63. The summed E-state index contributed by atoms with van der Waals surface area (Å²) in [7, 11) is 0. The molecule has 0 fully saturated rings. The molecule has 0 unspecified atom stereocenters. The first-order valence-corrected chi connectivity index (χ1v) is 6.48. The van der Waals surface area contributed by atoms with Crippen molar-refractivity contribution < 1.29 is 9.53 Å². The molecule has 0 aliphatic rings. The van der Waals surface area contributed by atoms with E-state index in [1.165, 1.54) is 11.8 Å². The molecule has 0 aliphatic carbocycles. The largest absolute Gasteiger partial charge is 0.465 e. The van der Waals surface area contributed by atoms with Crippen LogP contribution >= 0.6 is 23.4 Å². The van der Waals surface area contributed by atoms with Gasteiger partial charge < -0.3 is 4.74 Å². The predicted octanol–water partition coefficient (Wildman–Crippen LogP) is 3.77. The number of carbonyl (C=O) groups is 1. The first-order valence-electron chi connectivity index (χ1n) is 5.22. The van der Waals surface area contributed by atoms with Crippen molar-refractivity contribution in [1.82, 2.24) is 0 Å². The molecule has 0 spiro atoms. The second-order valence-electron chi connectivity index (χ2n) is 3.38. The Hall–Kier alpha value is -0.670. The minimum absolute atomic E-state index is 0.165. The van der Waals surface area contributed by atoms with Gasteiger partial charge in [-0.3, -0.25) is 4.79 Å². The Labute approximate surface area is 105 Å². The van der Waals surface area contributed by atoms with Gasteiger partial charge in [0.25, 0.3) is 0 Å². The summed E-state index contributed by atoms with van der Waals surface area (Å²) in [5.74, 6) is -0.165. The van der Waals surface area contributed by atoms with Crippen molar-refractivity contribution in [3.63, 3.8) is 0 Å². The van der Waals surface area contributed by atoms with E-state index in [1.807, 2.05) is 38.1 Å². The molecule has 1 aromatic carbocycles. The topological polar surface area (TPSA) is 26.3 Å². The highest BCUT2D eigenvalue weighted by Crippen LogP contribution is 2.25. The molecule has 0 saturated heterocycles. The van der Waals surface area contributed by atoms with Gasteiger partial charge in [-0.25, -0.2) is 0 Å². The fourth-order valence-corrected chi connectivity index (χ4v) is 2.08. The summed E-state index contributed by atoms with van der Waals surface area (Å²) in [5.41, 5.74) is 0. The van der Waals surface area contributed by atoms with Crippen LogP contribution in [0.5, 0.6) is 0 Å². The second kappa shape index (κ2) is 6.81. The van der Waals surface area contributed by atoms with Crippen molar-refractivity contribution in [2.75, 3.05) is 6.61 Å². The molecule has 1 aromatic rings. The number of hydrogen-bond acceptors (Lipinski definition) is 3. The molecule has 0 aliphatic heterocycles. The Balaban J connectivity index is 2.47. The molecule has 16 heavy (non-hydrogen) atoms. The second-order valence-corrected chi connectivity index (χ2v) is 5.23. The SMILES string of the molecule is CCCOC(=O)[C@@H](C)Sc1ccc(Cl)cc1. The quantitative estimate of drug-likeness (QED) is 0.594. The van der Waals surface area contributed by atoms with Crippen LogP contribution in [0, 0.1) is 0 Å². The minimum atomic E-state index is -0.187. The molecule has 1 rings (SSSR count). The smallest absolute Gasteiger partial charge is 0.319 e. The van der Waals surface area contributed by atoms with Crippen LogP contribution in [-0.4, -0.2) is 17.8 Å². The predicted molar refractivity (Wildman–Crippen MR) is 68.0 cm³/mol. The molecular formula is C12H15ClO2S. The van der Waals surface area contributed by atoms with E-state index < -0.39 is 0 Å². The summed E-state index contributed by atoms with van der Waals surface area (Å²) in [5, 5.41) is 0.512. The molecule has 4 heteroatoms.